The second kappa shape index (κ2) is 11.2. The van der Waals surface area contributed by atoms with Crippen LogP contribution < -0.4 is 21.5 Å². The zero-order valence-corrected chi connectivity index (χ0v) is 20.9. The van der Waals surface area contributed by atoms with Crippen LogP contribution in [0.2, 0.25) is 0 Å². The third kappa shape index (κ3) is 5.94. The number of nitrogens with zero attached hydrogens (tertiary/aromatic N) is 2. The van der Waals surface area contributed by atoms with Crippen molar-refractivity contribution < 1.29 is 22.8 Å². The highest BCUT2D eigenvalue weighted by molar-refractivity contribution is 5.93. The number of fused-ring (bicyclic) bond motifs is 1. The highest BCUT2D eigenvalue weighted by atomic mass is 19.4. The van der Waals surface area contributed by atoms with Crippen molar-refractivity contribution >= 4 is 17.6 Å². The molecule has 0 aliphatic heterocycles. The molecule has 0 bridgehead atoms. The van der Waals surface area contributed by atoms with Gasteiger partial charge in [-0.1, -0.05) is 36.4 Å². The number of aromatic nitrogens is 2. The van der Waals surface area contributed by atoms with Crippen molar-refractivity contribution in [2.45, 2.75) is 51.0 Å². The Balaban J connectivity index is 1.70. The van der Waals surface area contributed by atoms with E-state index >= 15 is 0 Å². The number of likely N-dealkylation sites (N-methyl/N-ethyl adjacent to an activating group) is 1. The van der Waals surface area contributed by atoms with Crippen LogP contribution in [-0.2, 0) is 28.7 Å². The van der Waals surface area contributed by atoms with E-state index < -0.39 is 41.7 Å². The van der Waals surface area contributed by atoms with E-state index in [1.807, 2.05) is 24.3 Å². The Morgan fingerprint density at radius 2 is 1.92 bits per heavy atom. The first kappa shape index (κ1) is 27.1. The second-order valence-electron chi connectivity index (χ2n) is 9.17. The van der Waals surface area contributed by atoms with E-state index in [-0.39, 0.29) is 23.1 Å². The monoisotopic (exact) mass is 527 g/mol. The molecule has 2 amide bonds. The number of amides is 2. The fraction of sp³-hybridized carbons (Fsp3) is 0.333. The Hall–Kier alpha value is -3.99. The molecule has 200 valence electrons. The summed E-state index contributed by atoms with van der Waals surface area (Å²) in [6.07, 6.45) is -0.915. The number of halogens is 3. The van der Waals surface area contributed by atoms with E-state index in [1.54, 1.807) is 14.0 Å². The molecule has 2 atom stereocenters. The highest BCUT2D eigenvalue weighted by Crippen LogP contribution is 2.32. The molecule has 3 N–H and O–H groups in total. The van der Waals surface area contributed by atoms with E-state index in [0.29, 0.717) is 0 Å². The van der Waals surface area contributed by atoms with Crippen LogP contribution in [0.3, 0.4) is 0 Å². The summed E-state index contributed by atoms with van der Waals surface area (Å²) >= 11 is 0. The maximum Gasteiger partial charge on any atom is 0.416 e. The van der Waals surface area contributed by atoms with Crippen LogP contribution >= 0.6 is 0 Å². The zero-order valence-electron chi connectivity index (χ0n) is 20.9. The van der Waals surface area contributed by atoms with Gasteiger partial charge in [0.25, 0.3) is 5.56 Å². The quantitative estimate of drug-likeness (QED) is 0.435. The number of carbonyl (C=O) groups excluding carboxylic acids is 2. The number of rotatable bonds is 7. The number of nitrogens with one attached hydrogen (secondary N) is 3. The number of hydrogen-bond donors (Lipinski definition) is 3. The predicted molar refractivity (Wildman–Crippen MR) is 136 cm³/mol. The van der Waals surface area contributed by atoms with Crippen molar-refractivity contribution in [1.29, 1.82) is 0 Å². The number of benzene rings is 2. The molecule has 1 aliphatic carbocycles. The highest BCUT2D eigenvalue weighted by Gasteiger charge is 2.31. The van der Waals surface area contributed by atoms with Crippen LogP contribution in [0.25, 0.3) is 11.3 Å². The van der Waals surface area contributed by atoms with Crippen LogP contribution in [-0.4, -0.2) is 34.5 Å². The van der Waals surface area contributed by atoms with Gasteiger partial charge in [-0.2, -0.15) is 13.2 Å². The van der Waals surface area contributed by atoms with Crippen molar-refractivity contribution in [3.63, 3.8) is 0 Å². The van der Waals surface area contributed by atoms with Gasteiger partial charge in [0.1, 0.15) is 6.54 Å². The summed E-state index contributed by atoms with van der Waals surface area (Å²) in [7, 11) is 1.57. The van der Waals surface area contributed by atoms with Gasteiger partial charge in [0.15, 0.2) is 5.82 Å². The molecule has 0 spiro atoms. The normalized spacial score (nSPS) is 15.9. The van der Waals surface area contributed by atoms with Crippen molar-refractivity contribution in [2.75, 3.05) is 12.4 Å². The molecule has 0 fully saturated rings. The smallest absolute Gasteiger partial charge is 0.348 e. The lowest BCUT2D eigenvalue weighted by molar-refractivity contribution is -0.137. The largest absolute Gasteiger partial charge is 0.416 e. The average molecular weight is 528 g/mol. The summed E-state index contributed by atoms with van der Waals surface area (Å²) in [4.78, 5) is 42.9. The lowest BCUT2D eigenvalue weighted by atomic mass is 9.88. The van der Waals surface area contributed by atoms with Gasteiger partial charge in [-0.25, -0.2) is 4.98 Å². The van der Waals surface area contributed by atoms with Crippen LogP contribution in [0.5, 0.6) is 0 Å². The molecular weight excluding hydrogens is 499 g/mol. The fourth-order valence-corrected chi connectivity index (χ4v) is 4.46. The summed E-state index contributed by atoms with van der Waals surface area (Å²) in [6, 6.07) is 11.3. The number of alkyl halides is 3. The van der Waals surface area contributed by atoms with Crippen molar-refractivity contribution in [3.05, 3.63) is 81.8 Å². The molecule has 1 aliphatic rings. The van der Waals surface area contributed by atoms with Gasteiger partial charge in [-0.15, -0.1) is 0 Å². The third-order valence-corrected chi connectivity index (χ3v) is 6.61. The minimum absolute atomic E-state index is 0.0139. The molecule has 0 saturated carbocycles. The summed E-state index contributed by atoms with van der Waals surface area (Å²) in [5.74, 6) is -1.35. The molecule has 4 rings (SSSR count). The predicted octanol–water partition coefficient (Wildman–Crippen LogP) is 3.67. The summed E-state index contributed by atoms with van der Waals surface area (Å²) in [5.41, 5.74) is 0.495. The first-order valence-electron chi connectivity index (χ1n) is 12.2. The molecule has 2 aromatic carbocycles. The molecule has 1 unspecified atom stereocenters. The topological polar surface area (TPSA) is 105 Å². The average Bonchev–Trinajstić information content (AvgIpc) is 2.90. The summed E-state index contributed by atoms with van der Waals surface area (Å²) in [5, 5.41) is 8.13. The zero-order chi connectivity index (χ0) is 27.4. The Bertz CT molecular complexity index is 1400. The number of carbonyl (C=O) groups is 2. The van der Waals surface area contributed by atoms with Gasteiger partial charge >= 0.3 is 6.18 Å². The van der Waals surface area contributed by atoms with Crippen LogP contribution in [0, 0.1) is 0 Å². The van der Waals surface area contributed by atoms with Crippen LogP contribution in [0.15, 0.2) is 59.5 Å². The number of aryl methyl sites for hydroxylation is 1. The summed E-state index contributed by atoms with van der Waals surface area (Å²) < 4.78 is 41.1. The van der Waals surface area contributed by atoms with Gasteiger partial charge in [-0.05, 0) is 56.5 Å². The molecular formula is C27H28F3N5O3. The minimum atomic E-state index is -4.60. The lowest BCUT2D eigenvalue weighted by Crippen LogP contribution is -2.40. The van der Waals surface area contributed by atoms with Gasteiger partial charge in [0.2, 0.25) is 11.8 Å². The Kier molecular flexibility index (Phi) is 7.96. The van der Waals surface area contributed by atoms with Crippen LogP contribution in [0.1, 0.15) is 42.5 Å². The molecule has 8 nitrogen and oxygen atoms in total. The minimum Gasteiger partial charge on any atom is -0.348 e. The van der Waals surface area contributed by atoms with Crippen molar-refractivity contribution in [1.82, 2.24) is 20.2 Å². The number of hydrogen-bond acceptors (Lipinski definition) is 5. The standard InChI is InChI=1S/C27H28F3N5O3/c1-16(31-2)25(37)34-24-26(38)35(22(14-32-24)18-9-5-10-19(13-18)27(28,29)30)15-23(36)33-21-12-6-8-17-7-3-4-11-20(17)21/h3-5,7,9-11,13-14,16,21,31H,6,8,12,15H2,1-2H3,(H,33,36)(H,32,34,37)/t16?,21-/m1/s1. The van der Waals surface area contributed by atoms with E-state index in [0.717, 1.165) is 47.1 Å². The molecule has 0 radical (unpaired) electrons. The van der Waals surface area contributed by atoms with Crippen LogP contribution in [0.4, 0.5) is 19.0 Å². The Morgan fingerprint density at radius 1 is 1.16 bits per heavy atom. The van der Waals surface area contributed by atoms with E-state index in [4.69, 9.17) is 0 Å². The third-order valence-electron chi connectivity index (χ3n) is 6.61. The summed E-state index contributed by atoms with van der Waals surface area (Å²) in [6.45, 7) is 1.11. The first-order chi connectivity index (χ1) is 18.1. The lowest BCUT2D eigenvalue weighted by Gasteiger charge is -2.26. The molecule has 0 saturated heterocycles. The maximum absolute atomic E-state index is 13.4. The fourth-order valence-electron chi connectivity index (χ4n) is 4.46. The number of anilines is 1. The molecule has 1 aromatic heterocycles. The van der Waals surface area contributed by atoms with Gasteiger partial charge in [0, 0.05) is 5.56 Å². The molecule has 38 heavy (non-hydrogen) atoms. The molecule has 3 aromatic rings. The van der Waals surface area contributed by atoms with E-state index in [9.17, 15) is 27.6 Å². The molecule has 1 heterocycles. The Morgan fingerprint density at radius 3 is 2.66 bits per heavy atom. The van der Waals surface area contributed by atoms with E-state index in [1.165, 1.54) is 18.3 Å². The second-order valence-corrected chi connectivity index (χ2v) is 9.17. The SMILES string of the molecule is CNC(C)C(=O)Nc1ncc(-c2cccc(C(F)(F)F)c2)n(CC(=O)N[C@@H]2CCCc3ccccc32)c1=O. The first-order valence-corrected chi connectivity index (χ1v) is 12.2. The van der Waals surface area contributed by atoms with Crippen molar-refractivity contribution in [2.24, 2.45) is 0 Å². The molecule has 11 heteroatoms. The van der Waals surface area contributed by atoms with Gasteiger partial charge < -0.3 is 16.0 Å². The maximum atomic E-state index is 13.4. The van der Waals surface area contributed by atoms with Gasteiger partial charge in [0.05, 0.1) is 29.5 Å². The van der Waals surface area contributed by atoms with Crippen molar-refractivity contribution in [3.8, 4) is 11.3 Å². The Labute approximate surface area is 217 Å². The van der Waals surface area contributed by atoms with E-state index in [2.05, 4.69) is 20.9 Å². The van der Waals surface area contributed by atoms with Gasteiger partial charge in [-0.3, -0.25) is 19.0 Å².